The van der Waals surface area contributed by atoms with Gasteiger partial charge < -0.3 is 11.1 Å². The summed E-state index contributed by atoms with van der Waals surface area (Å²) in [7, 11) is 0. The molecule has 1 aliphatic carbocycles. The molecule has 1 saturated carbocycles. The smallest absolute Gasteiger partial charge is 0.233 e. The third-order valence-electron chi connectivity index (χ3n) is 3.96. The van der Waals surface area contributed by atoms with E-state index < -0.39 is 5.41 Å². The van der Waals surface area contributed by atoms with E-state index in [1.807, 2.05) is 0 Å². The van der Waals surface area contributed by atoms with E-state index in [4.69, 9.17) is 18.0 Å². The van der Waals surface area contributed by atoms with Gasteiger partial charge in [0.2, 0.25) is 5.91 Å². The highest BCUT2D eigenvalue weighted by Crippen LogP contribution is 2.37. The standard InChI is InChI=1S/C15H19FN2OS/c16-12-6-4-5-11(9-12)10-18-14(19)15(13(17)20)7-2-1-3-8-15/h4-6,9H,1-3,7-8,10H2,(H2,17,20)(H,18,19). The van der Waals surface area contributed by atoms with Crippen molar-refractivity contribution in [1.82, 2.24) is 5.32 Å². The van der Waals surface area contributed by atoms with Gasteiger partial charge in [-0.25, -0.2) is 4.39 Å². The number of thiocarbonyl (C=S) groups is 1. The Balaban J connectivity index is 2.04. The monoisotopic (exact) mass is 294 g/mol. The third-order valence-corrected chi connectivity index (χ3v) is 4.35. The number of hydrogen-bond acceptors (Lipinski definition) is 2. The van der Waals surface area contributed by atoms with Crippen LogP contribution in [0.25, 0.3) is 0 Å². The second-order valence-electron chi connectivity index (χ2n) is 5.32. The fourth-order valence-electron chi connectivity index (χ4n) is 2.74. The largest absolute Gasteiger partial charge is 0.392 e. The highest BCUT2D eigenvalue weighted by molar-refractivity contribution is 7.80. The van der Waals surface area contributed by atoms with Gasteiger partial charge in [-0.15, -0.1) is 0 Å². The first-order valence-electron chi connectivity index (χ1n) is 6.87. The van der Waals surface area contributed by atoms with E-state index >= 15 is 0 Å². The van der Waals surface area contributed by atoms with E-state index in [9.17, 15) is 9.18 Å². The van der Waals surface area contributed by atoms with Crippen LogP contribution in [0.15, 0.2) is 24.3 Å². The van der Waals surface area contributed by atoms with Crippen LogP contribution >= 0.6 is 12.2 Å². The predicted molar refractivity (Wildman–Crippen MR) is 80.6 cm³/mol. The normalized spacial score (nSPS) is 17.4. The maximum atomic E-state index is 13.1. The molecule has 1 aliphatic rings. The van der Waals surface area contributed by atoms with E-state index in [-0.39, 0.29) is 16.7 Å². The minimum absolute atomic E-state index is 0.131. The van der Waals surface area contributed by atoms with Crippen LogP contribution in [0.5, 0.6) is 0 Å². The van der Waals surface area contributed by atoms with Crippen LogP contribution in [-0.4, -0.2) is 10.9 Å². The summed E-state index contributed by atoms with van der Waals surface area (Å²) in [5.74, 6) is -0.438. The van der Waals surface area contributed by atoms with Gasteiger partial charge in [0.05, 0.1) is 10.4 Å². The molecule has 2 rings (SSSR count). The number of nitrogens with one attached hydrogen (secondary N) is 1. The molecular weight excluding hydrogens is 275 g/mol. The molecule has 0 radical (unpaired) electrons. The first kappa shape index (κ1) is 14.9. The molecule has 0 bridgehead atoms. The lowest BCUT2D eigenvalue weighted by Crippen LogP contribution is -2.49. The summed E-state index contributed by atoms with van der Waals surface area (Å²) in [5, 5.41) is 2.84. The highest BCUT2D eigenvalue weighted by atomic mass is 32.1. The molecule has 0 aromatic heterocycles. The number of hydrogen-bond donors (Lipinski definition) is 2. The average molecular weight is 294 g/mol. The number of carbonyl (C=O) groups is 1. The van der Waals surface area contributed by atoms with E-state index in [0.29, 0.717) is 19.4 Å². The maximum absolute atomic E-state index is 13.1. The zero-order valence-electron chi connectivity index (χ0n) is 11.3. The highest BCUT2D eigenvalue weighted by Gasteiger charge is 2.42. The van der Waals surface area contributed by atoms with Gasteiger partial charge in [-0.1, -0.05) is 43.6 Å². The van der Waals surface area contributed by atoms with E-state index in [1.165, 1.54) is 12.1 Å². The molecule has 1 aromatic carbocycles. The van der Waals surface area contributed by atoms with Crippen LogP contribution in [0.1, 0.15) is 37.7 Å². The summed E-state index contributed by atoms with van der Waals surface area (Å²) < 4.78 is 13.1. The molecule has 0 aliphatic heterocycles. The Morgan fingerprint density at radius 1 is 1.35 bits per heavy atom. The lowest BCUT2D eigenvalue weighted by molar-refractivity contribution is -0.129. The Morgan fingerprint density at radius 2 is 2.05 bits per heavy atom. The van der Waals surface area contributed by atoms with Crippen molar-refractivity contribution in [1.29, 1.82) is 0 Å². The molecular formula is C15H19FN2OS. The fraction of sp³-hybridized carbons (Fsp3) is 0.467. The van der Waals surface area contributed by atoms with Gasteiger partial charge >= 0.3 is 0 Å². The Morgan fingerprint density at radius 3 is 2.65 bits per heavy atom. The number of amides is 1. The number of carbonyl (C=O) groups excluding carboxylic acids is 1. The first-order chi connectivity index (χ1) is 9.54. The van der Waals surface area contributed by atoms with Gasteiger partial charge in [-0.05, 0) is 30.5 Å². The molecule has 108 valence electrons. The van der Waals surface area contributed by atoms with E-state index in [0.717, 1.165) is 24.8 Å². The Bertz CT molecular complexity index is 512. The van der Waals surface area contributed by atoms with Crippen molar-refractivity contribution in [3.63, 3.8) is 0 Å². The first-order valence-corrected chi connectivity index (χ1v) is 7.28. The quantitative estimate of drug-likeness (QED) is 0.839. The molecule has 0 saturated heterocycles. The van der Waals surface area contributed by atoms with Crippen LogP contribution < -0.4 is 11.1 Å². The van der Waals surface area contributed by atoms with Crippen molar-refractivity contribution in [3.8, 4) is 0 Å². The Kier molecular flexibility index (Phi) is 4.70. The van der Waals surface area contributed by atoms with Crippen LogP contribution in [0, 0.1) is 11.2 Å². The zero-order valence-corrected chi connectivity index (χ0v) is 12.1. The van der Waals surface area contributed by atoms with Crippen LogP contribution in [0.2, 0.25) is 0 Å². The van der Waals surface area contributed by atoms with Crippen molar-refractivity contribution in [2.45, 2.75) is 38.6 Å². The van der Waals surface area contributed by atoms with Gasteiger partial charge in [0.1, 0.15) is 5.82 Å². The molecule has 0 heterocycles. The minimum atomic E-state index is -0.721. The summed E-state index contributed by atoms with van der Waals surface area (Å²) in [6, 6.07) is 6.19. The molecule has 0 atom stereocenters. The average Bonchev–Trinajstić information content (AvgIpc) is 2.45. The van der Waals surface area contributed by atoms with Crippen molar-refractivity contribution in [2.75, 3.05) is 0 Å². The SMILES string of the molecule is NC(=S)C1(C(=O)NCc2cccc(F)c2)CCCCC1. The predicted octanol–water partition coefficient (Wildman–Crippen LogP) is 2.68. The number of halogens is 1. The van der Waals surface area contributed by atoms with E-state index in [2.05, 4.69) is 5.32 Å². The van der Waals surface area contributed by atoms with Crippen LogP contribution in [0.4, 0.5) is 4.39 Å². The van der Waals surface area contributed by atoms with Gasteiger partial charge in [0, 0.05) is 6.54 Å². The van der Waals surface area contributed by atoms with Gasteiger partial charge in [0.15, 0.2) is 0 Å². The second kappa shape index (κ2) is 6.31. The summed E-state index contributed by atoms with van der Waals surface area (Å²) in [4.78, 5) is 12.7. The molecule has 20 heavy (non-hydrogen) atoms. The zero-order chi connectivity index (χ0) is 14.6. The summed E-state index contributed by atoms with van der Waals surface area (Å²) in [6.07, 6.45) is 4.45. The molecule has 1 aromatic rings. The van der Waals surface area contributed by atoms with Crippen LogP contribution in [-0.2, 0) is 11.3 Å². The number of nitrogens with two attached hydrogens (primary N) is 1. The lowest BCUT2D eigenvalue weighted by atomic mass is 9.73. The Hall–Kier alpha value is -1.49. The summed E-state index contributed by atoms with van der Waals surface area (Å²) in [5.41, 5.74) is 5.81. The molecule has 0 unspecified atom stereocenters. The molecule has 3 nitrogen and oxygen atoms in total. The second-order valence-corrected chi connectivity index (χ2v) is 5.76. The van der Waals surface area contributed by atoms with Crippen molar-refractivity contribution >= 4 is 23.1 Å². The summed E-state index contributed by atoms with van der Waals surface area (Å²) >= 11 is 5.11. The molecule has 3 N–H and O–H groups in total. The third kappa shape index (κ3) is 3.15. The summed E-state index contributed by atoms with van der Waals surface area (Å²) in [6.45, 7) is 0.293. The Labute approximate surface area is 123 Å². The van der Waals surface area contributed by atoms with E-state index in [1.54, 1.807) is 12.1 Å². The van der Waals surface area contributed by atoms with Crippen LogP contribution in [0.3, 0.4) is 0 Å². The minimum Gasteiger partial charge on any atom is -0.392 e. The molecule has 1 amide bonds. The molecule has 5 heteroatoms. The number of rotatable bonds is 4. The van der Waals surface area contributed by atoms with Gasteiger partial charge in [-0.3, -0.25) is 4.79 Å². The van der Waals surface area contributed by atoms with Crippen molar-refractivity contribution < 1.29 is 9.18 Å². The van der Waals surface area contributed by atoms with Gasteiger partial charge in [-0.2, -0.15) is 0 Å². The van der Waals surface area contributed by atoms with Gasteiger partial charge in [0.25, 0.3) is 0 Å². The molecule has 0 spiro atoms. The fourth-order valence-corrected chi connectivity index (χ4v) is 3.04. The topological polar surface area (TPSA) is 55.1 Å². The molecule has 1 fully saturated rings. The van der Waals surface area contributed by atoms with Crippen molar-refractivity contribution in [2.24, 2.45) is 11.1 Å². The lowest BCUT2D eigenvalue weighted by Gasteiger charge is -2.34. The number of benzene rings is 1. The maximum Gasteiger partial charge on any atom is 0.233 e. The van der Waals surface area contributed by atoms with Crippen molar-refractivity contribution in [3.05, 3.63) is 35.6 Å².